The number of nitrogens with one attached hydrogen (secondary N) is 2. The minimum atomic E-state index is -4.76. The Morgan fingerprint density at radius 3 is 2.46 bits per heavy atom. The summed E-state index contributed by atoms with van der Waals surface area (Å²) in [5.74, 6) is -0.00279. The molecule has 0 radical (unpaired) electrons. The molecule has 212 valence electrons. The van der Waals surface area contributed by atoms with Crippen LogP contribution in [0, 0.1) is 0 Å². The first-order valence-electron chi connectivity index (χ1n) is 13.1. The minimum absolute atomic E-state index is 0.109. The Morgan fingerprint density at radius 2 is 1.78 bits per heavy atom. The topological polar surface area (TPSA) is 87.6 Å². The van der Waals surface area contributed by atoms with Crippen LogP contribution in [0.2, 0.25) is 0 Å². The SMILES string of the molecule is C=C1NCN(c2ccccc2)C12CCN(C(=O)c1cc3c(Nc4ccc(OC(F)(F)F)cc4)ncnc3n1C)CC2. The third-order valence-corrected chi connectivity index (χ3v) is 7.87. The molecule has 2 N–H and O–H groups in total. The Hall–Kier alpha value is -4.74. The summed E-state index contributed by atoms with van der Waals surface area (Å²) < 4.78 is 43.1. The second-order valence-corrected chi connectivity index (χ2v) is 10.1. The molecule has 12 heteroatoms. The number of hydrogen-bond donors (Lipinski definition) is 2. The molecule has 9 nitrogen and oxygen atoms in total. The molecule has 0 saturated carbocycles. The van der Waals surface area contributed by atoms with Gasteiger partial charge in [-0.15, -0.1) is 13.2 Å². The van der Waals surface area contributed by atoms with Crippen molar-refractivity contribution in [2.24, 2.45) is 7.05 Å². The number of para-hydroxylation sites is 1. The maximum Gasteiger partial charge on any atom is 0.573 e. The Labute approximate surface area is 234 Å². The Bertz CT molecular complexity index is 1590. The van der Waals surface area contributed by atoms with Gasteiger partial charge in [0.15, 0.2) is 0 Å². The zero-order valence-corrected chi connectivity index (χ0v) is 22.3. The molecule has 0 unspecified atom stereocenters. The molecule has 0 bridgehead atoms. The van der Waals surface area contributed by atoms with Crippen molar-refractivity contribution in [3.63, 3.8) is 0 Å². The fraction of sp³-hybridized carbons (Fsp3) is 0.276. The molecule has 2 aromatic heterocycles. The zero-order valence-electron chi connectivity index (χ0n) is 22.3. The maximum atomic E-state index is 13.7. The Kier molecular flexibility index (Phi) is 6.47. The lowest BCUT2D eigenvalue weighted by Gasteiger charge is -2.45. The summed E-state index contributed by atoms with van der Waals surface area (Å²) in [6.45, 7) is 6.10. The van der Waals surface area contributed by atoms with Gasteiger partial charge in [-0.25, -0.2) is 9.97 Å². The van der Waals surface area contributed by atoms with Crippen molar-refractivity contribution in [1.82, 2.24) is 24.8 Å². The van der Waals surface area contributed by atoms with Crippen LogP contribution in [0.3, 0.4) is 0 Å². The number of carbonyl (C=O) groups excluding carboxylic acids is 1. The van der Waals surface area contributed by atoms with Gasteiger partial charge in [-0.3, -0.25) is 4.79 Å². The first-order chi connectivity index (χ1) is 19.6. The quantitative estimate of drug-likeness (QED) is 0.347. The predicted octanol–water partition coefficient (Wildman–Crippen LogP) is 5.17. The molecule has 2 saturated heterocycles. The first kappa shape index (κ1) is 26.5. The number of likely N-dealkylation sites (tertiary alicyclic amines) is 1. The summed E-state index contributed by atoms with van der Waals surface area (Å²) in [6, 6.07) is 17.3. The highest BCUT2D eigenvalue weighted by atomic mass is 19.4. The number of aryl methyl sites for hydroxylation is 1. The van der Waals surface area contributed by atoms with Crippen LogP contribution in [-0.4, -0.2) is 57.0 Å². The van der Waals surface area contributed by atoms with Crippen LogP contribution in [-0.2, 0) is 7.05 Å². The molecular formula is C29H28F3N7O2. The predicted molar refractivity (Wildman–Crippen MR) is 149 cm³/mol. The summed E-state index contributed by atoms with van der Waals surface area (Å²) >= 11 is 0. The largest absolute Gasteiger partial charge is 0.573 e. The highest BCUT2D eigenvalue weighted by molar-refractivity contribution is 6.01. The normalized spacial score (nSPS) is 16.7. The van der Waals surface area contributed by atoms with E-state index in [1.54, 1.807) is 17.7 Å². The standard InChI is InChI=1S/C29H28F3N7O2/c1-19-28(39(18-35-19)21-6-4-3-5-7-21)12-14-38(15-13-28)27(40)24-16-23-25(33-17-34-26(23)37(24)2)36-20-8-10-22(11-9-20)41-29(30,31)32/h3-11,16-17,35H,1,12-15,18H2,2H3,(H,33,34,36). The van der Waals surface area contributed by atoms with E-state index < -0.39 is 6.36 Å². The number of piperidine rings is 1. The average molecular weight is 564 g/mol. The number of alkyl halides is 3. The van der Waals surface area contributed by atoms with E-state index in [2.05, 4.69) is 48.9 Å². The second-order valence-electron chi connectivity index (χ2n) is 10.1. The molecule has 41 heavy (non-hydrogen) atoms. The van der Waals surface area contributed by atoms with Gasteiger partial charge >= 0.3 is 6.36 Å². The van der Waals surface area contributed by atoms with Crippen molar-refractivity contribution in [2.75, 3.05) is 30.0 Å². The molecule has 0 atom stereocenters. The summed E-state index contributed by atoms with van der Waals surface area (Å²) in [6.07, 6.45) is -1.91. The van der Waals surface area contributed by atoms with Crippen molar-refractivity contribution in [3.8, 4) is 5.75 Å². The molecule has 2 aliphatic heterocycles. The van der Waals surface area contributed by atoms with E-state index in [9.17, 15) is 18.0 Å². The number of fused-ring (bicyclic) bond motifs is 1. The molecular weight excluding hydrogens is 535 g/mol. The van der Waals surface area contributed by atoms with E-state index in [0.29, 0.717) is 48.0 Å². The maximum absolute atomic E-state index is 13.7. The fourth-order valence-electron chi connectivity index (χ4n) is 5.73. The average Bonchev–Trinajstić information content (AvgIpc) is 3.46. The molecule has 0 aliphatic carbocycles. The van der Waals surface area contributed by atoms with E-state index in [1.165, 1.54) is 30.6 Å². The summed E-state index contributed by atoms with van der Waals surface area (Å²) in [7, 11) is 1.78. The van der Waals surface area contributed by atoms with Crippen LogP contribution in [0.15, 0.2) is 79.3 Å². The van der Waals surface area contributed by atoms with Crippen LogP contribution in [0.1, 0.15) is 23.3 Å². The lowest BCUT2D eigenvalue weighted by Crippen LogP contribution is -2.54. The van der Waals surface area contributed by atoms with Crippen molar-refractivity contribution < 1.29 is 22.7 Å². The third-order valence-electron chi connectivity index (χ3n) is 7.87. The molecule has 2 aliphatic rings. The lowest BCUT2D eigenvalue weighted by molar-refractivity contribution is -0.274. The highest BCUT2D eigenvalue weighted by Gasteiger charge is 2.47. The molecule has 4 heterocycles. The van der Waals surface area contributed by atoms with Gasteiger partial charge in [-0.2, -0.15) is 0 Å². The number of ether oxygens (including phenoxy) is 1. The van der Waals surface area contributed by atoms with Gasteiger partial charge in [-0.1, -0.05) is 24.8 Å². The summed E-state index contributed by atoms with van der Waals surface area (Å²) in [4.78, 5) is 26.6. The number of halogens is 3. The fourth-order valence-corrected chi connectivity index (χ4v) is 5.73. The number of hydrogen-bond acceptors (Lipinski definition) is 7. The van der Waals surface area contributed by atoms with E-state index >= 15 is 0 Å². The monoisotopic (exact) mass is 563 g/mol. The lowest BCUT2D eigenvalue weighted by atomic mass is 9.84. The first-order valence-corrected chi connectivity index (χ1v) is 13.1. The minimum Gasteiger partial charge on any atom is -0.406 e. The van der Waals surface area contributed by atoms with Crippen LogP contribution >= 0.6 is 0 Å². The van der Waals surface area contributed by atoms with Crippen LogP contribution in [0.25, 0.3) is 11.0 Å². The Morgan fingerprint density at radius 1 is 1.07 bits per heavy atom. The van der Waals surface area contributed by atoms with Crippen LogP contribution < -0.4 is 20.3 Å². The molecule has 4 aromatic rings. The molecule has 1 spiro atoms. The van der Waals surface area contributed by atoms with Gasteiger partial charge < -0.3 is 29.7 Å². The van der Waals surface area contributed by atoms with Crippen LogP contribution in [0.4, 0.5) is 30.4 Å². The number of carbonyl (C=O) groups is 1. The summed E-state index contributed by atoms with van der Waals surface area (Å²) in [5, 5.41) is 7.14. The third kappa shape index (κ3) is 4.90. The van der Waals surface area contributed by atoms with Crippen LogP contribution in [0.5, 0.6) is 5.75 Å². The second kappa shape index (κ2) is 10.0. The number of benzene rings is 2. The van der Waals surface area contributed by atoms with E-state index in [-0.39, 0.29) is 17.2 Å². The molecule has 2 aromatic carbocycles. The molecule has 2 fully saturated rings. The van der Waals surface area contributed by atoms with Crippen molar-refractivity contribution in [1.29, 1.82) is 0 Å². The van der Waals surface area contributed by atoms with Gasteiger partial charge in [0.25, 0.3) is 5.91 Å². The number of aromatic nitrogens is 3. The zero-order chi connectivity index (χ0) is 28.8. The smallest absolute Gasteiger partial charge is 0.406 e. The number of anilines is 3. The van der Waals surface area contributed by atoms with E-state index in [0.717, 1.165) is 24.2 Å². The van der Waals surface area contributed by atoms with Gasteiger partial charge in [0.05, 0.1) is 17.6 Å². The van der Waals surface area contributed by atoms with Crippen molar-refractivity contribution in [3.05, 3.63) is 85.0 Å². The molecule has 1 amide bonds. The number of amides is 1. The van der Waals surface area contributed by atoms with E-state index in [1.807, 2.05) is 23.1 Å². The van der Waals surface area contributed by atoms with Gasteiger partial charge in [-0.05, 0) is 55.3 Å². The Balaban J connectivity index is 1.20. The number of rotatable bonds is 5. The van der Waals surface area contributed by atoms with E-state index in [4.69, 9.17) is 0 Å². The van der Waals surface area contributed by atoms with Gasteiger partial charge in [0.2, 0.25) is 0 Å². The van der Waals surface area contributed by atoms with Gasteiger partial charge in [0, 0.05) is 37.2 Å². The highest BCUT2D eigenvalue weighted by Crippen LogP contribution is 2.40. The summed E-state index contributed by atoms with van der Waals surface area (Å²) in [5.41, 5.74) is 3.36. The van der Waals surface area contributed by atoms with Gasteiger partial charge in [0.1, 0.15) is 29.2 Å². The van der Waals surface area contributed by atoms with Crippen molar-refractivity contribution in [2.45, 2.75) is 24.7 Å². The number of nitrogens with zero attached hydrogens (tertiary/aromatic N) is 5. The van der Waals surface area contributed by atoms with Crippen molar-refractivity contribution >= 4 is 34.1 Å². The molecule has 6 rings (SSSR count).